The molecular weight excluding hydrogens is 198 g/mol. The van der Waals surface area contributed by atoms with E-state index in [1.807, 2.05) is 0 Å². The Hall–Kier alpha value is -0.990. The Morgan fingerprint density at radius 3 is 2.38 bits per heavy atom. The zero-order chi connectivity index (χ0) is 11.1. The molecule has 0 amide bonds. The summed E-state index contributed by atoms with van der Waals surface area (Å²) in [6.07, 6.45) is 9.28. The van der Waals surface area contributed by atoms with E-state index in [0.717, 1.165) is 5.82 Å². The van der Waals surface area contributed by atoms with Crippen LogP contribution in [0.2, 0.25) is 0 Å². The molecule has 2 saturated carbocycles. The predicted octanol–water partition coefficient (Wildman–Crippen LogP) is 2.93. The zero-order valence-electron chi connectivity index (χ0n) is 10.1. The molecule has 3 nitrogen and oxygen atoms in total. The van der Waals surface area contributed by atoms with Crippen LogP contribution >= 0.6 is 0 Å². The summed E-state index contributed by atoms with van der Waals surface area (Å²) < 4.78 is 2.14. The maximum atomic E-state index is 6.15. The standard InChI is InChI=1S/C13H21N3/c1-16-12(14)11(9-7-8-9)15-13(16)10-5-3-2-4-6-10/h9-10H,2-8,14H2,1H3. The highest BCUT2D eigenvalue weighted by molar-refractivity contribution is 5.42. The first-order valence-corrected chi connectivity index (χ1v) is 6.59. The van der Waals surface area contributed by atoms with Crippen LogP contribution in [-0.2, 0) is 7.05 Å². The Morgan fingerprint density at radius 2 is 1.75 bits per heavy atom. The van der Waals surface area contributed by atoms with Crippen LogP contribution in [0, 0.1) is 0 Å². The van der Waals surface area contributed by atoms with Crippen LogP contribution in [0.1, 0.15) is 68.3 Å². The van der Waals surface area contributed by atoms with E-state index >= 15 is 0 Å². The molecule has 1 heterocycles. The van der Waals surface area contributed by atoms with Crippen molar-refractivity contribution in [2.24, 2.45) is 7.05 Å². The van der Waals surface area contributed by atoms with Crippen molar-refractivity contribution in [2.45, 2.75) is 56.8 Å². The average Bonchev–Trinajstić information content (AvgIpc) is 3.10. The lowest BCUT2D eigenvalue weighted by atomic mass is 9.89. The van der Waals surface area contributed by atoms with Gasteiger partial charge in [0.15, 0.2) is 0 Å². The second kappa shape index (κ2) is 3.79. The van der Waals surface area contributed by atoms with Crippen molar-refractivity contribution in [3.63, 3.8) is 0 Å². The number of imidazole rings is 1. The lowest BCUT2D eigenvalue weighted by Crippen LogP contribution is -2.11. The Balaban J connectivity index is 1.90. The summed E-state index contributed by atoms with van der Waals surface area (Å²) in [7, 11) is 2.08. The van der Waals surface area contributed by atoms with Gasteiger partial charge in [-0.1, -0.05) is 19.3 Å². The smallest absolute Gasteiger partial charge is 0.126 e. The quantitative estimate of drug-likeness (QED) is 0.831. The average molecular weight is 219 g/mol. The molecule has 88 valence electrons. The van der Waals surface area contributed by atoms with Crippen LogP contribution < -0.4 is 5.73 Å². The number of nitrogen functional groups attached to an aromatic ring is 1. The van der Waals surface area contributed by atoms with Crippen molar-refractivity contribution >= 4 is 5.82 Å². The number of hydrogen-bond acceptors (Lipinski definition) is 2. The summed E-state index contributed by atoms with van der Waals surface area (Å²) in [6.45, 7) is 0. The fourth-order valence-electron chi connectivity index (χ4n) is 2.93. The molecule has 0 atom stereocenters. The van der Waals surface area contributed by atoms with Crippen molar-refractivity contribution in [1.29, 1.82) is 0 Å². The summed E-state index contributed by atoms with van der Waals surface area (Å²) in [6, 6.07) is 0. The number of nitrogens with two attached hydrogens (primary N) is 1. The van der Waals surface area contributed by atoms with Crippen LogP contribution in [0.5, 0.6) is 0 Å². The van der Waals surface area contributed by atoms with Crippen LogP contribution in [0.4, 0.5) is 5.82 Å². The molecule has 1 aromatic heterocycles. The number of hydrogen-bond donors (Lipinski definition) is 1. The first kappa shape index (κ1) is 10.2. The number of rotatable bonds is 2. The normalized spacial score (nSPS) is 22.6. The third kappa shape index (κ3) is 1.62. The lowest BCUT2D eigenvalue weighted by Gasteiger charge is -2.21. The van der Waals surface area contributed by atoms with Gasteiger partial charge in [-0.25, -0.2) is 4.98 Å². The van der Waals surface area contributed by atoms with Gasteiger partial charge in [0.1, 0.15) is 11.6 Å². The highest BCUT2D eigenvalue weighted by atomic mass is 15.1. The van der Waals surface area contributed by atoms with E-state index in [4.69, 9.17) is 10.7 Å². The van der Waals surface area contributed by atoms with Gasteiger partial charge in [-0.15, -0.1) is 0 Å². The van der Waals surface area contributed by atoms with Gasteiger partial charge in [-0.2, -0.15) is 0 Å². The highest BCUT2D eigenvalue weighted by Crippen LogP contribution is 2.43. The molecule has 2 aliphatic rings. The van der Waals surface area contributed by atoms with E-state index < -0.39 is 0 Å². The minimum atomic E-state index is 0.661. The Kier molecular flexibility index (Phi) is 2.41. The first-order chi connectivity index (χ1) is 7.77. The van der Waals surface area contributed by atoms with Crippen molar-refractivity contribution in [3.05, 3.63) is 11.5 Å². The lowest BCUT2D eigenvalue weighted by molar-refractivity contribution is 0.421. The molecule has 0 saturated heterocycles. The Bertz CT molecular complexity index is 384. The van der Waals surface area contributed by atoms with E-state index in [1.165, 1.54) is 56.5 Å². The first-order valence-electron chi connectivity index (χ1n) is 6.59. The molecule has 0 bridgehead atoms. The van der Waals surface area contributed by atoms with Gasteiger partial charge in [0.25, 0.3) is 0 Å². The van der Waals surface area contributed by atoms with Crippen LogP contribution in [-0.4, -0.2) is 9.55 Å². The maximum absolute atomic E-state index is 6.15. The molecule has 0 radical (unpaired) electrons. The highest BCUT2D eigenvalue weighted by Gasteiger charge is 2.31. The van der Waals surface area contributed by atoms with E-state index in [0.29, 0.717) is 11.8 Å². The van der Waals surface area contributed by atoms with E-state index in [1.54, 1.807) is 0 Å². The number of anilines is 1. The van der Waals surface area contributed by atoms with Crippen molar-refractivity contribution in [1.82, 2.24) is 9.55 Å². The van der Waals surface area contributed by atoms with Crippen LogP contribution in [0.15, 0.2) is 0 Å². The van der Waals surface area contributed by atoms with E-state index in [9.17, 15) is 0 Å². The van der Waals surface area contributed by atoms with Gasteiger partial charge in [0, 0.05) is 18.9 Å². The third-order valence-corrected chi connectivity index (χ3v) is 4.14. The Morgan fingerprint density at radius 1 is 1.06 bits per heavy atom. The van der Waals surface area contributed by atoms with Gasteiger partial charge >= 0.3 is 0 Å². The molecule has 0 unspecified atom stereocenters. The van der Waals surface area contributed by atoms with Crippen molar-refractivity contribution < 1.29 is 0 Å². The zero-order valence-corrected chi connectivity index (χ0v) is 10.1. The summed E-state index contributed by atoms with van der Waals surface area (Å²) >= 11 is 0. The monoisotopic (exact) mass is 219 g/mol. The fraction of sp³-hybridized carbons (Fsp3) is 0.769. The van der Waals surface area contributed by atoms with Gasteiger partial charge in [0.05, 0.1) is 5.69 Å². The van der Waals surface area contributed by atoms with Crippen LogP contribution in [0.25, 0.3) is 0 Å². The van der Waals surface area contributed by atoms with Crippen LogP contribution in [0.3, 0.4) is 0 Å². The number of nitrogens with zero attached hydrogens (tertiary/aromatic N) is 2. The predicted molar refractivity (Wildman–Crippen MR) is 65.4 cm³/mol. The van der Waals surface area contributed by atoms with E-state index in [-0.39, 0.29) is 0 Å². The SMILES string of the molecule is Cn1c(C2CCCCC2)nc(C2CC2)c1N. The summed E-state index contributed by atoms with van der Waals surface area (Å²) in [5.74, 6) is 3.50. The van der Waals surface area contributed by atoms with Gasteiger partial charge in [0.2, 0.25) is 0 Å². The summed E-state index contributed by atoms with van der Waals surface area (Å²) in [5, 5.41) is 0. The Labute approximate surface area is 97.0 Å². The second-order valence-electron chi connectivity index (χ2n) is 5.41. The van der Waals surface area contributed by atoms with Gasteiger partial charge < -0.3 is 10.3 Å². The molecule has 0 aromatic carbocycles. The largest absolute Gasteiger partial charge is 0.384 e. The molecule has 2 aliphatic carbocycles. The minimum Gasteiger partial charge on any atom is -0.384 e. The molecule has 3 rings (SSSR count). The molecule has 3 heteroatoms. The van der Waals surface area contributed by atoms with Crippen molar-refractivity contribution in [3.8, 4) is 0 Å². The molecule has 0 aliphatic heterocycles. The summed E-state index contributed by atoms with van der Waals surface area (Å²) in [5.41, 5.74) is 7.33. The third-order valence-electron chi connectivity index (χ3n) is 4.14. The topological polar surface area (TPSA) is 43.8 Å². The molecule has 2 fully saturated rings. The summed E-state index contributed by atoms with van der Waals surface area (Å²) in [4.78, 5) is 4.83. The second-order valence-corrected chi connectivity index (χ2v) is 5.41. The molecule has 1 aromatic rings. The molecule has 2 N–H and O–H groups in total. The molecule has 16 heavy (non-hydrogen) atoms. The van der Waals surface area contributed by atoms with Crippen molar-refractivity contribution in [2.75, 3.05) is 5.73 Å². The minimum absolute atomic E-state index is 0.661. The van der Waals surface area contributed by atoms with Gasteiger partial charge in [-0.3, -0.25) is 0 Å². The maximum Gasteiger partial charge on any atom is 0.126 e. The molecule has 0 spiro atoms. The number of aromatic nitrogens is 2. The molecular formula is C13H21N3. The van der Waals surface area contributed by atoms with Gasteiger partial charge in [-0.05, 0) is 25.7 Å². The van der Waals surface area contributed by atoms with E-state index in [2.05, 4.69) is 11.6 Å². The fourth-order valence-corrected chi connectivity index (χ4v) is 2.93.